The number of nitrogens with two attached hydrogens (primary N) is 1. The fraction of sp³-hybridized carbons (Fsp3) is 0.200. The maximum Gasteiger partial charge on any atom is 0.163 e. The first-order valence-corrected chi connectivity index (χ1v) is 6.48. The van der Waals surface area contributed by atoms with E-state index in [1.54, 1.807) is 0 Å². The van der Waals surface area contributed by atoms with Crippen LogP contribution < -0.4 is 15.2 Å². The minimum absolute atomic E-state index is 0.0327. The summed E-state index contributed by atoms with van der Waals surface area (Å²) < 4.78 is 38.2. The molecule has 0 saturated heterocycles. The molecule has 0 aliphatic carbocycles. The summed E-state index contributed by atoms with van der Waals surface area (Å²) in [6, 6.07) is 5.64. The summed E-state index contributed by atoms with van der Waals surface area (Å²) in [6.45, 7) is 0. The van der Waals surface area contributed by atoms with Crippen molar-refractivity contribution in [2.24, 2.45) is 5.73 Å². The molecule has 0 saturated carbocycles. The van der Waals surface area contributed by atoms with Gasteiger partial charge in [-0.05, 0) is 18.2 Å². The molecule has 21 heavy (non-hydrogen) atoms. The number of ether oxygens (including phenoxy) is 2. The van der Waals surface area contributed by atoms with Crippen molar-refractivity contribution < 1.29 is 18.3 Å². The van der Waals surface area contributed by atoms with E-state index in [4.69, 9.17) is 26.8 Å². The highest BCUT2D eigenvalue weighted by Crippen LogP contribution is 2.36. The molecule has 2 rings (SSSR count). The lowest BCUT2D eigenvalue weighted by Gasteiger charge is -2.18. The average Bonchev–Trinajstić information content (AvgIpc) is 2.46. The molecule has 0 radical (unpaired) electrons. The fourth-order valence-electron chi connectivity index (χ4n) is 2.07. The average molecular weight is 314 g/mol. The number of halogens is 3. The van der Waals surface area contributed by atoms with Crippen LogP contribution in [-0.4, -0.2) is 14.2 Å². The molecular formula is C15H14ClF2NO2. The van der Waals surface area contributed by atoms with Gasteiger partial charge in [0.05, 0.1) is 20.3 Å². The van der Waals surface area contributed by atoms with Crippen LogP contribution in [0.1, 0.15) is 17.2 Å². The standard InChI is InChI=1S/C15H14ClF2NO2/c1-20-12-6-8(11(18)7-13(12)21-2)15(19)14-9(16)4-3-5-10(14)17/h3-7,15H,19H2,1-2H3. The van der Waals surface area contributed by atoms with Crippen molar-refractivity contribution in [1.82, 2.24) is 0 Å². The van der Waals surface area contributed by atoms with Gasteiger partial charge in [0.2, 0.25) is 0 Å². The third-order valence-electron chi connectivity index (χ3n) is 3.15. The second kappa shape index (κ2) is 6.28. The van der Waals surface area contributed by atoms with Crippen molar-refractivity contribution >= 4 is 11.6 Å². The van der Waals surface area contributed by atoms with Crippen LogP contribution >= 0.6 is 11.6 Å². The van der Waals surface area contributed by atoms with Crippen molar-refractivity contribution in [3.63, 3.8) is 0 Å². The van der Waals surface area contributed by atoms with Gasteiger partial charge in [-0.25, -0.2) is 8.78 Å². The molecule has 0 spiro atoms. The molecule has 0 bridgehead atoms. The summed E-state index contributed by atoms with van der Waals surface area (Å²) >= 11 is 5.96. The number of methoxy groups -OCH3 is 2. The Morgan fingerprint density at radius 3 is 2.24 bits per heavy atom. The van der Waals surface area contributed by atoms with E-state index in [-0.39, 0.29) is 21.9 Å². The summed E-state index contributed by atoms with van der Waals surface area (Å²) in [5.74, 6) is -0.689. The zero-order chi connectivity index (χ0) is 15.6. The first kappa shape index (κ1) is 15.5. The van der Waals surface area contributed by atoms with Gasteiger partial charge in [0.25, 0.3) is 0 Å². The van der Waals surface area contributed by atoms with E-state index in [0.717, 1.165) is 6.07 Å². The Bertz CT molecular complexity index is 644. The molecule has 2 N–H and O–H groups in total. The first-order valence-electron chi connectivity index (χ1n) is 6.10. The number of benzene rings is 2. The molecule has 1 atom stereocenters. The van der Waals surface area contributed by atoms with Crippen molar-refractivity contribution in [2.45, 2.75) is 6.04 Å². The van der Waals surface area contributed by atoms with Crippen LogP contribution in [0.15, 0.2) is 30.3 Å². The molecule has 0 aliphatic heterocycles. The third kappa shape index (κ3) is 2.94. The smallest absolute Gasteiger partial charge is 0.163 e. The predicted octanol–water partition coefficient (Wildman–Crippen LogP) is 3.68. The van der Waals surface area contributed by atoms with Crippen LogP contribution in [0.2, 0.25) is 5.02 Å². The van der Waals surface area contributed by atoms with Crippen LogP contribution in [-0.2, 0) is 0 Å². The molecule has 1 unspecified atom stereocenters. The zero-order valence-electron chi connectivity index (χ0n) is 11.5. The Balaban J connectivity index is 2.56. The summed E-state index contributed by atoms with van der Waals surface area (Å²) in [5, 5.41) is 0.136. The first-order chi connectivity index (χ1) is 9.99. The van der Waals surface area contributed by atoms with Crippen LogP contribution in [0.25, 0.3) is 0 Å². The van der Waals surface area contributed by atoms with Gasteiger partial charge in [-0.15, -0.1) is 0 Å². The Kier molecular flexibility index (Phi) is 4.65. The fourth-order valence-corrected chi connectivity index (χ4v) is 2.35. The summed E-state index contributed by atoms with van der Waals surface area (Å²) in [7, 11) is 2.81. The van der Waals surface area contributed by atoms with Gasteiger partial charge >= 0.3 is 0 Å². The molecule has 0 fully saturated rings. The monoisotopic (exact) mass is 313 g/mol. The van der Waals surface area contributed by atoms with Crippen molar-refractivity contribution in [3.05, 3.63) is 58.1 Å². The van der Waals surface area contributed by atoms with Crippen LogP contribution in [0.4, 0.5) is 8.78 Å². The molecule has 0 heterocycles. The van der Waals surface area contributed by atoms with Crippen LogP contribution in [0, 0.1) is 11.6 Å². The summed E-state index contributed by atoms with van der Waals surface area (Å²) in [5.41, 5.74) is 6.07. The quantitative estimate of drug-likeness (QED) is 0.936. The number of hydrogen-bond acceptors (Lipinski definition) is 3. The van der Waals surface area contributed by atoms with E-state index in [1.165, 1.54) is 38.5 Å². The Morgan fingerprint density at radius 2 is 1.67 bits per heavy atom. The lowest BCUT2D eigenvalue weighted by atomic mass is 9.98. The highest BCUT2D eigenvalue weighted by Gasteiger charge is 2.22. The van der Waals surface area contributed by atoms with Gasteiger partial charge in [-0.2, -0.15) is 0 Å². The molecule has 2 aromatic rings. The Morgan fingerprint density at radius 1 is 1.05 bits per heavy atom. The molecule has 0 aromatic heterocycles. The highest BCUT2D eigenvalue weighted by molar-refractivity contribution is 6.31. The second-order valence-electron chi connectivity index (χ2n) is 4.34. The Labute approximate surface area is 126 Å². The van der Waals surface area contributed by atoms with Gasteiger partial charge in [-0.3, -0.25) is 0 Å². The molecule has 3 nitrogen and oxygen atoms in total. The lowest BCUT2D eigenvalue weighted by Crippen LogP contribution is -2.16. The van der Waals surface area contributed by atoms with Gasteiger partial charge in [-0.1, -0.05) is 17.7 Å². The van der Waals surface area contributed by atoms with Crippen molar-refractivity contribution in [1.29, 1.82) is 0 Å². The maximum absolute atomic E-state index is 14.2. The minimum Gasteiger partial charge on any atom is -0.493 e. The second-order valence-corrected chi connectivity index (χ2v) is 4.75. The largest absolute Gasteiger partial charge is 0.493 e. The SMILES string of the molecule is COc1cc(F)c(C(N)c2c(F)cccc2Cl)cc1OC. The van der Waals surface area contributed by atoms with E-state index >= 15 is 0 Å². The van der Waals surface area contributed by atoms with Gasteiger partial charge in [0.15, 0.2) is 11.5 Å². The topological polar surface area (TPSA) is 44.5 Å². The molecule has 112 valence electrons. The minimum atomic E-state index is -1.06. The summed E-state index contributed by atoms with van der Waals surface area (Å²) in [6.07, 6.45) is 0. The van der Waals surface area contributed by atoms with E-state index in [1.807, 2.05) is 0 Å². The normalized spacial score (nSPS) is 12.1. The maximum atomic E-state index is 14.2. The Hall–Kier alpha value is -1.85. The van der Waals surface area contributed by atoms with Gasteiger partial charge in [0, 0.05) is 22.2 Å². The highest BCUT2D eigenvalue weighted by atomic mass is 35.5. The zero-order valence-corrected chi connectivity index (χ0v) is 12.2. The molecule has 2 aromatic carbocycles. The van der Waals surface area contributed by atoms with E-state index < -0.39 is 17.7 Å². The molecule has 0 amide bonds. The molecule has 6 heteroatoms. The van der Waals surface area contributed by atoms with Gasteiger partial charge < -0.3 is 15.2 Å². The predicted molar refractivity (Wildman–Crippen MR) is 76.9 cm³/mol. The van der Waals surface area contributed by atoms with Crippen LogP contribution in [0.3, 0.4) is 0 Å². The van der Waals surface area contributed by atoms with Crippen LogP contribution in [0.5, 0.6) is 11.5 Å². The molecular weight excluding hydrogens is 300 g/mol. The van der Waals surface area contributed by atoms with Crippen molar-refractivity contribution in [3.8, 4) is 11.5 Å². The molecule has 0 aliphatic rings. The van der Waals surface area contributed by atoms with E-state index in [2.05, 4.69) is 0 Å². The number of hydrogen-bond donors (Lipinski definition) is 1. The van der Waals surface area contributed by atoms with E-state index in [0.29, 0.717) is 5.75 Å². The van der Waals surface area contributed by atoms with E-state index in [9.17, 15) is 8.78 Å². The summed E-state index contributed by atoms with van der Waals surface area (Å²) in [4.78, 5) is 0. The van der Waals surface area contributed by atoms with Gasteiger partial charge in [0.1, 0.15) is 11.6 Å². The lowest BCUT2D eigenvalue weighted by molar-refractivity contribution is 0.351. The van der Waals surface area contributed by atoms with Crippen molar-refractivity contribution in [2.75, 3.05) is 14.2 Å². The number of rotatable bonds is 4. The third-order valence-corrected chi connectivity index (χ3v) is 3.48.